The van der Waals surface area contributed by atoms with Gasteiger partial charge in [0.25, 0.3) is 0 Å². The minimum atomic E-state index is -1.02. The van der Waals surface area contributed by atoms with Crippen LogP contribution in [0, 0.1) is 5.92 Å². The van der Waals surface area contributed by atoms with E-state index < -0.39 is 5.67 Å². The van der Waals surface area contributed by atoms with Crippen LogP contribution in [0.1, 0.15) is 26.7 Å². The molecule has 0 fully saturated rings. The lowest BCUT2D eigenvalue weighted by Gasteiger charge is -2.22. The molecule has 9 heavy (non-hydrogen) atoms. The fourth-order valence-electron chi connectivity index (χ4n) is 1.05. The molecule has 0 radical (unpaired) electrons. The van der Waals surface area contributed by atoms with E-state index in [0.29, 0.717) is 12.3 Å². The van der Waals surface area contributed by atoms with Gasteiger partial charge in [0, 0.05) is 0 Å². The number of hydrogen-bond donors (Lipinski definition) is 0. The number of hydrogen-bond acceptors (Lipinski definition) is 0. The second-order valence-electron chi connectivity index (χ2n) is 3.15. The Balaban J connectivity index is 2.58. The standard InChI is InChI=1S/C8H13F/c1-7-3-5-8(2,9)6-4-7/h3,5,7H,4,6H2,1-2H3. The van der Waals surface area contributed by atoms with Crippen molar-refractivity contribution in [3.63, 3.8) is 0 Å². The van der Waals surface area contributed by atoms with Crippen LogP contribution in [0.25, 0.3) is 0 Å². The summed E-state index contributed by atoms with van der Waals surface area (Å²) in [6.45, 7) is 3.75. The van der Waals surface area contributed by atoms with E-state index in [1.54, 1.807) is 13.0 Å². The molecule has 2 atom stereocenters. The first-order valence-electron chi connectivity index (χ1n) is 3.48. The lowest BCUT2D eigenvalue weighted by Crippen LogP contribution is -2.19. The topological polar surface area (TPSA) is 0 Å². The maximum atomic E-state index is 13.0. The largest absolute Gasteiger partial charge is 0.240 e. The molecule has 0 aromatic carbocycles. The number of alkyl halides is 1. The van der Waals surface area contributed by atoms with Crippen LogP contribution in [0.2, 0.25) is 0 Å². The molecule has 0 saturated heterocycles. The maximum absolute atomic E-state index is 13.0. The minimum absolute atomic E-state index is 0.578. The number of halogens is 1. The van der Waals surface area contributed by atoms with Crippen LogP contribution >= 0.6 is 0 Å². The maximum Gasteiger partial charge on any atom is 0.126 e. The van der Waals surface area contributed by atoms with Crippen LogP contribution in [0.5, 0.6) is 0 Å². The summed E-state index contributed by atoms with van der Waals surface area (Å²) in [6.07, 6.45) is 5.32. The van der Waals surface area contributed by atoms with Gasteiger partial charge in [-0.3, -0.25) is 0 Å². The van der Waals surface area contributed by atoms with E-state index in [-0.39, 0.29) is 0 Å². The summed E-state index contributed by atoms with van der Waals surface area (Å²) >= 11 is 0. The Hall–Kier alpha value is -0.330. The van der Waals surface area contributed by atoms with Gasteiger partial charge in [-0.1, -0.05) is 19.1 Å². The van der Waals surface area contributed by atoms with Crippen LogP contribution in [0.3, 0.4) is 0 Å². The summed E-state index contributed by atoms with van der Waals surface area (Å²) in [5, 5.41) is 0. The molecule has 0 aromatic rings. The van der Waals surface area contributed by atoms with Gasteiger partial charge in [-0.15, -0.1) is 0 Å². The highest BCUT2D eigenvalue weighted by atomic mass is 19.1. The van der Waals surface area contributed by atoms with Gasteiger partial charge in [0.15, 0.2) is 0 Å². The molecule has 0 saturated carbocycles. The first-order chi connectivity index (χ1) is 4.10. The quantitative estimate of drug-likeness (QED) is 0.440. The van der Waals surface area contributed by atoms with E-state index in [9.17, 15) is 4.39 Å². The number of rotatable bonds is 0. The third-order valence-corrected chi connectivity index (χ3v) is 1.86. The van der Waals surface area contributed by atoms with Gasteiger partial charge >= 0.3 is 0 Å². The van der Waals surface area contributed by atoms with Gasteiger partial charge in [-0.2, -0.15) is 0 Å². The summed E-state index contributed by atoms with van der Waals surface area (Å²) in [4.78, 5) is 0. The van der Waals surface area contributed by atoms with Crippen molar-refractivity contribution in [2.45, 2.75) is 32.4 Å². The zero-order valence-electron chi connectivity index (χ0n) is 6.02. The van der Waals surface area contributed by atoms with Gasteiger partial charge in [0.1, 0.15) is 5.67 Å². The molecule has 0 nitrogen and oxygen atoms in total. The Labute approximate surface area is 55.8 Å². The van der Waals surface area contributed by atoms with E-state index in [1.165, 1.54) is 0 Å². The summed E-state index contributed by atoms with van der Waals surface area (Å²) in [7, 11) is 0. The van der Waals surface area contributed by atoms with Crippen molar-refractivity contribution in [3.05, 3.63) is 12.2 Å². The van der Waals surface area contributed by atoms with Gasteiger partial charge in [0.2, 0.25) is 0 Å². The molecule has 0 spiro atoms. The van der Waals surface area contributed by atoms with Crippen molar-refractivity contribution in [3.8, 4) is 0 Å². The van der Waals surface area contributed by atoms with Gasteiger partial charge < -0.3 is 0 Å². The molecule has 1 heteroatoms. The van der Waals surface area contributed by atoms with Crippen molar-refractivity contribution in [2.24, 2.45) is 5.92 Å². The average molecular weight is 128 g/mol. The summed E-state index contributed by atoms with van der Waals surface area (Å²) < 4.78 is 13.0. The van der Waals surface area contributed by atoms with Crippen molar-refractivity contribution < 1.29 is 4.39 Å². The lowest BCUT2D eigenvalue weighted by molar-refractivity contribution is 0.216. The molecule has 1 aliphatic rings. The molecule has 0 aromatic heterocycles. The molecule has 1 aliphatic carbocycles. The number of allylic oxidation sites excluding steroid dienone is 2. The molecule has 52 valence electrons. The predicted molar refractivity (Wildman–Crippen MR) is 37.1 cm³/mol. The average Bonchev–Trinajstić information content (AvgIpc) is 1.78. The van der Waals surface area contributed by atoms with E-state index >= 15 is 0 Å². The van der Waals surface area contributed by atoms with Crippen molar-refractivity contribution in [1.29, 1.82) is 0 Å². The van der Waals surface area contributed by atoms with E-state index in [4.69, 9.17) is 0 Å². The van der Waals surface area contributed by atoms with Crippen LogP contribution in [-0.2, 0) is 0 Å². The van der Waals surface area contributed by atoms with Crippen LogP contribution < -0.4 is 0 Å². The van der Waals surface area contributed by atoms with Crippen molar-refractivity contribution in [1.82, 2.24) is 0 Å². The highest BCUT2D eigenvalue weighted by Gasteiger charge is 2.23. The van der Waals surface area contributed by atoms with E-state index in [1.807, 2.05) is 6.08 Å². The fourth-order valence-corrected chi connectivity index (χ4v) is 1.05. The van der Waals surface area contributed by atoms with Crippen LogP contribution in [0.4, 0.5) is 4.39 Å². The second-order valence-corrected chi connectivity index (χ2v) is 3.15. The molecule has 0 heterocycles. The molecule has 0 amide bonds. The van der Waals surface area contributed by atoms with Crippen molar-refractivity contribution in [2.75, 3.05) is 0 Å². The second kappa shape index (κ2) is 2.13. The van der Waals surface area contributed by atoms with Gasteiger partial charge in [0.05, 0.1) is 0 Å². The summed E-state index contributed by atoms with van der Waals surface area (Å²) in [6, 6.07) is 0. The summed E-state index contributed by atoms with van der Waals surface area (Å²) in [5.41, 5.74) is -1.02. The van der Waals surface area contributed by atoms with Crippen molar-refractivity contribution >= 4 is 0 Å². The minimum Gasteiger partial charge on any atom is -0.240 e. The predicted octanol–water partition coefficient (Wildman–Crippen LogP) is 2.70. The van der Waals surface area contributed by atoms with E-state index in [2.05, 4.69) is 6.92 Å². The zero-order chi connectivity index (χ0) is 6.91. The highest BCUT2D eigenvalue weighted by molar-refractivity contribution is 5.04. The third-order valence-electron chi connectivity index (χ3n) is 1.86. The Morgan fingerprint density at radius 3 is 2.67 bits per heavy atom. The Morgan fingerprint density at radius 1 is 1.67 bits per heavy atom. The normalized spacial score (nSPS) is 43.2. The van der Waals surface area contributed by atoms with Gasteiger partial charge in [-0.05, 0) is 25.7 Å². The Kier molecular flexibility index (Phi) is 1.60. The first kappa shape index (κ1) is 6.79. The highest BCUT2D eigenvalue weighted by Crippen LogP contribution is 2.27. The monoisotopic (exact) mass is 128 g/mol. The molecule has 0 N–H and O–H groups in total. The molecule has 2 unspecified atom stereocenters. The molecule has 1 rings (SSSR count). The Bertz CT molecular complexity index is 125. The third kappa shape index (κ3) is 1.81. The Morgan fingerprint density at radius 2 is 2.33 bits per heavy atom. The molecule has 0 bridgehead atoms. The first-order valence-corrected chi connectivity index (χ1v) is 3.48. The summed E-state index contributed by atoms with van der Waals surface area (Å²) in [5.74, 6) is 0.578. The van der Waals surface area contributed by atoms with Gasteiger partial charge in [-0.25, -0.2) is 4.39 Å². The van der Waals surface area contributed by atoms with Crippen LogP contribution in [-0.4, -0.2) is 5.67 Å². The van der Waals surface area contributed by atoms with E-state index in [0.717, 1.165) is 6.42 Å². The molecular weight excluding hydrogens is 115 g/mol. The zero-order valence-corrected chi connectivity index (χ0v) is 6.02. The SMILES string of the molecule is CC1C=CC(C)(F)CC1. The molecule has 0 aliphatic heterocycles. The van der Waals surface area contributed by atoms with Crippen LogP contribution in [0.15, 0.2) is 12.2 Å². The molecular formula is C8H13F. The lowest BCUT2D eigenvalue weighted by atomic mass is 9.89. The fraction of sp³-hybridized carbons (Fsp3) is 0.750. The smallest absolute Gasteiger partial charge is 0.126 e.